The lowest BCUT2D eigenvalue weighted by molar-refractivity contribution is -0.122. The Labute approximate surface area is 198 Å². The molecule has 0 spiro atoms. The van der Waals surface area contributed by atoms with E-state index in [9.17, 15) is 18.8 Å². The quantitative estimate of drug-likeness (QED) is 0.307. The molecular weight excluding hydrogens is 465 g/mol. The van der Waals surface area contributed by atoms with Crippen molar-refractivity contribution in [1.82, 2.24) is 4.90 Å². The molecule has 33 heavy (non-hydrogen) atoms. The van der Waals surface area contributed by atoms with Crippen LogP contribution < -0.4 is 4.74 Å². The number of rotatable bonds is 7. The third-order valence-corrected chi connectivity index (χ3v) is 6.13. The van der Waals surface area contributed by atoms with Crippen molar-refractivity contribution in [3.8, 4) is 5.75 Å². The number of ketones is 1. The Morgan fingerprint density at radius 1 is 1.03 bits per heavy atom. The van der Waals surface area contributed by atoms with Crippen LogP contribution in [0.3, 0.4) is 0 Å². The second kappa shape index (κ2) is 10.0. The van der Waals surface area contributed by atoms with Gasteiger partial charge in [0.2, 0.25) is 0 Å². The Kier molecular flexibility index (Phi) is 6.91. The number of nitrogens with zero attached hydrogens (tertiary/aromatic N) is 1. The van der Waals surface area contributed by atoms with Crippen LogP contribution in [0.5, 0.6) is 5.75 Å². The van der Waals surface area contributed by atoms with Crippen LogP contribution >= 0.6 is 23.4 Å². The third kappa shape index (κ3) is 5.32. The summed E-state index contributed by atoms with van der Waals surface area (Å²) in [7, 11) is 0. The molecule has 0 aliphatic carbocycles. The van der Waals surface area contributed by atoms with Crippen molar-refractivity contribution in [1.29, 1.82) is 0 Å². The smallest absolute Gasteiger partial charge is 0.293 e. The molecule has 8 heteroatoms. The molecule has 5 nitrogen and oxygen atoms in total. The molecule has 0 unspecified atom stereocenters. The highest BCUT2D eigenvalue weighted by atomic mass is 35.5. The van der Waals surface area contributed by atoms with Crippen molar-refractivity contribution < 1.29 is 23.5 Å². The predicted molar refractivity (Wildman–Crippen MR) is 126 cm³/mol. The number of hydrogen-bond donors (Lipinski definition) is 0. The van der Waals surface area contributed by atoms with E-state index in [1.807, 2.05) is 0 Å². The summed E-state index contributed by atoms with van der Waals surface area (Å²) in [6.07, 6.45) is 1.56. The van der Waals surface area contributed by atoms with Gasteiger partial charge >= 0.3 is 0 Å². The number of amides is 2. The largest absolute Gasteiger partial charge is 0.489 e. The van der Waals surface area contributed by atoms with Crippen LogP contribution in [0.2, 0.25) is 5.02 Å². The van der Waals surface area contributed by atoms with Crippen LogP contribution in [0.15, 0.2) is 77.7 Å². The molecule has 0 bridgehead atoms. The number of benzene rings is 3. The molecule has 0 atom stereocenters. The monoisotopic (exact) mass is 481 g/mol. The van der Waals surface area contributed by atoms with Crippen LogP contribution in [0.25, 0.3) is 6.08 Å². The lowest BCUT2D eigenvalue weighted by Gasteiger charge is -2.11. The highest BCUT2D eigenvalue weighted by molar-refractivity contribution is 8.18. The zero-order valence-electron chi connectivity index (χ0n) is 17.2. The van der Waals surface area contributed by atoms with Crippen molar-refractivity contribution in [3.05, 3.63) is 105 Å². The SMILES string of the molecule is O=C(CN1C(=O)S/C(=C/c2cccc(OCc3c(F)cccc3Cl)c2)C1=O)c1ccccc1. The van der Waals surface area contributed by atoms with Crippen LogP contribution in [0, 0.1) is 5.82 Å². The van der Waals surface area contributed by atoms with Gasteiger partial charge in [-0.3, -0.25) is 19.3 Å². The van der Waals surface area contributed by atoms with Gasteiger partial charge in [-0.2, -0.15) is 0 Å². The number of hydrogen-bond acceptors (Lipinski definition) is 5. The molecule has 0 saturated carbocycles. The number of halogens is 2. The Bertz CT molecular complexity index is 1240. The molecule has 1 aliphatic rings. The Morgan fingerprint density at radius 3 is 2.55 bits per heavy atom. The van der Waals surface area contributed by atoms with E-state index in [4.69, 9.17) is 16.3 Å². The number of carbonyl (C=O) groups excluding carboxylic acids is 3. The summed E-state index contributed by atoms with van der Waals surface area (Å²) < 4.78 is 19.6. The van der Waals surface area contributed by atoms with Gasteiger partial charge in [-0.05, 0) is 47.7 Å². The van der Waals surface area contributed by atoms with Gasteiger partial charge in [-0.25, -0.2) is 4.39 Å². The fourth-order valence-corrected chi connectivity index (χ4v) is 4.22. The second-order valence-electron chi connectivity index (χ2n) is 7.12. The average Bonchev–Trinajstić information content (AvgIpc) is 3.07. The van der Waals surface area contributed by atoms with Crippen molar-refractivity contribution >= 4 is 46.4 Å². The molecule has 0 N–H and O–H groups in total. The van der Waals surface area contributed by atoms with Gasteiger partial charge in [-0.1, -0.05) is 60.1 Å². The minimum atomic E-state index is -0.529. The first kappa shape index (κ1) is 22.8. The first-order chi connectivity index (χ1) is 15.9. The van der Waals surface area contributed by atoms with Crippen molar-refractivity contribution in [3.63, 3.8) is 0 Å². The number of ether oxygens (including phenoxy) is 1. The maximum atomic E-state index is 13.9. The number of imide groups is 1. The van der Waals surface area contributed by atoms with E-state index >= 15 is 0 Å². The van der Waals surface area contributed by atoms with Gasteiger partial charge in [0.15, 0.2) is 5.78 Å². The topological polar surface area (TPSA) is 63.7 Å². The number of thioether (sulfide) groups is 1. The van der Waals surface area contributed by atoms with Crippen molar-refractivity contribution in [2.45, 2.75) is 6.61 Å². The lowest BCUT2D eigenvalue weighted by Crippen LogP contribution is -2.33. The van der Waals surface area contributed by atoms with Gasteiger partial charge < -0.3 is 4.74 Å². The molecular formula is C25H17ClFNO4S. The van der Waals surface area contributed by atoms with Crippen LogP contribution in [0.1, 0.15) is 21.5 Å². The summed E-state index contributed by atoms with van der Waals surface area (Å²) in [6.45, 7) is -0.383. The molecule has 0 aromatic heterocycles. The van der Waals surface area contributed by atoms with Crippen LogP contribution in [-0.2, 0) is 11.4 Å². The van der Waals surface area contributed by atoms with E-state index in [1.165, 1.54) is 12.1 Å². The van der Waals surface area contributed by atoms with Gasteiger partial charge in [0, 0.05) is 11.1 Å². The minimum absolute atomic E-state index is 0.0624. The van der Waals surface area contributed by atoms with E-state index < -0.39 is 17.0 Å². The second-order valence-corrected chi connectivity index (χ2v) is 8.52. The third-order valence-electron chi connectivity index (χ3n) is 4.87. The predicted octanol–water partition coefficient (Wildman–Crippen LogP) is 5.98. The molecule has 3 aromatic carbocycles. The average molecular weight is 482 g/mol. The van der Waals surface area contributed by atoms with Crippen LogP contribution in [0.4, 0.5) is 9.18 Å². The highest BCUT2D eigenvalue weighted by Gasteiger charge is 2.36. The standard InChI is InChI=1S/C25H17ClFNO4S/c26-20-10-5-11-21(27)19(20)15-32-18-9-4-6-16(12-18)13-23-24(30)28(25(31)33-23)14-22(29)17-7-2-1-3-8-17/h1-13H,14-15H2/b23-13+. The Hall–Kier alpha value is -3.42. The van der Waals surface area contributed by atoms with Gasteiger partial charge in [0.1, 0.15) is 18.2 Å². The van der Waals surface area contributed by atoms with E-state index in [2.05, 4.69) is 0 Å². The van der Waals surface area contributed by atoms with E-state index in [0.29, 0.717) is 16.9 Å². The van der Waals surface area contributed by atoms with Gasteiger partial charge in [0.05, 0.1) is 16.5 Å². The first-order valence-corrected chi connectivity index (χ1v) is 11.1. The van der Waals surface area contributed by atoms with Gasteiger partial charge in [0.25, 0.3) is 11.1 Å². The maximum absolute atomic E-state index is 13.9. The Morgan fingerprint density at radius 2 is 1.79 bits per heavy atom. The molecule has 2 amide bonds. The fraction of sp³-hybridized carbons (Fsp3) is 0.0800. The molecule has 3 aromatic rings. The molecule has 1 fully saturated rings. The fourth-order valence-electron chi connectivity index (χ4n) is 3.17. The summed E-state index contributed by atoms with van der Waals surface area (Å²) in [6, 6.07) is 19.7. The Balaban J connectivity index is 1.46. The summed E-state index contributed by atoms with van der Waals surface area (Å²) in [4.78, 5) is 38.6. The van der Waals surface area contributed by atoms with Crippen LogP contribution in [-0.4, -0.2) is 28.4 Å². The zero-order chi connectivity index (χ0) is 23.4. The maximum Gasteiger partial charge on any atom is 0.293 e. The molecule has 1 aliphatic heterocycles. The normalized spacial score (nSPS) is 14.7. The van der Waals surface area contributed by atoms with Crippen molar-refractivity contribution in [2.24, 2.45) is 0 Å². The molecule has 4 rings (SSSR count). The van der Waals surface area contributed by atoms with E-state index in [1.54, 1.807) is 66.7 Å². The molecule has 0 radical (unpaired) electrons. The molecule has 1 saturated heterocycles. The zero-order valence-corrected chi connectivity index (χ0v) is 18.7. The molecule has 166 valence electrons. The summed E-state index contributed by atoms with van der Waals surface area (Å²) in [5.41, 5.74) is 1.29. The summed E-state index contributed by atoms with van der Waals surface area (Å²) >= 11 is 6.80. The lowest BCUT2D eigenvalue weighted by atomic mass is 10.1. The minimum Gasteiger partial charge on any atom is -0.489 e. The van der Waals surface area contributed by atoms with Gasteiger partial charge in [-0.15, -0.1) is 0 Å². The first-order valence-electron chi connectivity index (χ1n) is 9.92. The highest BCUT2D eigenvalue weighted by Crippen LogP contribution is 2.33. The van der Waals surface area contributed by atoms with E-state index in [-0.39, 0.29) is 34.4 Å². The summed E-state index contributed by atoms with van der Waals surface area (Å²) in [5, 5.41) is -0.234. The van der Waals surface area contributed by atoms with Crippen molar-refractivity contribution in [2.75, 3.05) is 6.54 Å². The van der Waals surface area contributed by atoms with E-state index in [0.717, 1.165) is 16.7 Å². The number of carbonyl (C=O) groups is 3. The summed E-state index contributed by atoms with van der Waals surface area (Å²) in [5.74, 6) is -0.862. The number of Topliss-reactive ketones (excluding diaryl/α,β-unsaturated/α-hetero) is 1. The molecule has 1 heterocycles.